The van der Waals surface area contributed by atoms with E-state index >= 15 is 0 Å². The minimum atomic E-state index is 0.655. The standard InChI is InChI=1S/C20H26IN7/c1-5-15-12-22-28(13-15)25-19-10-17(14-26(2)3)23-20(24-19)27(4)18-9-7-6-8-16(18)11-21/h6-10,12-13H,5,11,14H2,1-4H3,(H,23,24,25). The van der Waals surface area contributed by atoms with Gasteiger partial charge in [-0.2, -0.15) is 14.9 Å². The van der Waals surface area contributed by atoms with Gasteiger partial charge in [-0.1, -0.05) is 47.7 Å². The molecular formula is C20H26IN7. The zero-order valence-corrected chi connectivity index (χ0v) is 18.9. The molecule has 1 aromatic carbocycles. The summed E-state index contributed by atoms with van der Waals surface area (Å²) in [6.07, 6.45) is 4.78. The van der Waals surface area contributed by atoms with Crippen LogP contribution in [0.5, 0.6) is 0 Å². The van der Waals surface area contributed by atoms with Crippen molar-refractivity contribution < 1.29 is 0 Å². The summed E-state index contributed by atoms with van der Waals surface area (Å²) in [5.74, 6) is 1.37. The lowest BCUT2D eigenvalue weighted by molar-refractivity contribution is 0.396. The van der Waals surface area contributed by atoms with E-state index in [1.807, 2.05) is 50.6 Å². The average molecular weight is 491 g/mol. The van der Waals surface area contributed by atoms with Crippen molar-refractivity contribution in [2.75, 3.05) is 31.5 Å². The van der Waals surface area contributed by atoms with Crippen molar-refractivity contribution in [3.63, 3.8) is 0 Å². The molecule has 7 nitrogen and oxygen atoms in total. The van der Waals surface area contributed by atoms with Crippen LogP contribution in [-0.4, -0.2) is 45.9 Å². The summed E-state index contributed by atoms with van der Waals surface area (Å²) >= 11 is 2.38. The second-order valence-corrected chi connectivity index (χ2v) is 7.62. The van der Waals surface area contributed by atoms with E-state index in [1.165, 1.54) is 11.1 Å². The predicted octanol–water partition coefficient (Wildman–Crippen LogP) is 3.88. The smallest absolute Gasteiger partial charge is 0.231 e. The third-order valence-electron chi connectivity index (χ3n) is 4.32. The second kappa shape index (κ2) is 9.33. The molecule has 0 atom stereocenters. The predicted molar refractivity (Wildman–Crippen MR) is 122 cm³/mol. The lowest BCUT2D eigenvalue weighted by Gasteiger charge is -2.22. The van der Waals surface area contributed by atoms with Crippen LogP contribution in [0.1, 0.15) is 23.7 Å². The van der Waals surface area contributed by atoms with Gasteiger partial charge in [0.25, 0.3) is 0 Å². The molecule has 1 N–H and O–H groups in total. The minimum absolute atomic E-state index is 0.655. The normalized spacial score (nSPS) is 11.1. The first kappa shape index (κ1) is 20.5. The number of anilines is 3. The van der Waals surface area contributed by atoms with E-state index in [1.54, 1.807) is 4.79 Å². The van der Waals surface area contributed by atoms with Gasteiger partial charge in [0, 0.05) is 29.8 Å². The number of hydrogen-bond donors (Lipinski definition) is 1. The molecule has 0 radical (unpaired) electrons. The van der Waals surface area contributed by atoms with Gasteiger partial charge in [0.2, 0.25) is 5.95 Å². The fraction of sp³-hybridized carbons (Fsp3) is 0.350. The number of aromatic nitrogens is 4. The topological polar surface area (TPSA) is 62.1 Å². The van der Waals surface area contributed by atoms with Crippen molar-refractivity contribution >= 4 is 40.0 Å². The highest BCUT2D eigenvalue weighted by atomic mass is 127. The molecule has 8 heteroatoms. The first-order valence-electron chi connectivity index (χ1n) is 9.21. The summed E-state index contributed by atoms with van der Waals surface area (Å²) in [7, 11) is 6.07. The molecule has 0 aliphatic rings. The Kier molecular flexibility index (Phi) is 6.84. The van der Waals surface area contributed by atoms with Crippen LogP contribution in [-0.2, 0) is 17.4 Å². The van der Waals surface area contributed by atoms with Crippen molar-refractivity contribution in [1.29, 1.82) is 0 Å². The van der Waals surface area contributed by atoms with Gasteiger partial charge in [-0.05, 0) is 37.7 Å². The van der Waals surface area contributed by atoms with Crippen molar-refractivity contribution in [3.05, 3.63) is 59.5 Å². The molecule has 0 unspecified atom stereocenters. The van der Waals surface area contributed by atoms with Gasteiger partial charge in [0.15, 0.2) is 5.82 Å². The van der Waals surface area contributed by atoms with Crippen molar-refractivity contribution in [2.24, 2.45) is 0 Å². The summed E-state index contributed by atoms with van der Waals surface area (Å²) < 4.78 is 0.924. The Bertz CT molecular complexity index is 922. The SMILES string of the molecule is CCc1cnn(Nc2cc(CN(C)C)nc(N(C)c3ccccc3CI)n2)c1. The van der Waals surface area contributed by atoms with Crippen LogP contribution in [0.15, 0.2) is 42.7 Å². The number of hydrogen-bond acceptors (Lipinski definition) is 6. The molecule has 0 spiro atoms. The van der Waals surface area contributed by atoms with E-state index in [4.69, 9.17) is 9.97 Å². The summed E-state index contributed by atoms with van der Waals surface area (Å²) in [6.45, 7) is 2.84. The van der Waals surface area contributed by atoms with Crippen LogP contribution in [0, 0.1) is 0 Å². The lowest BCUT2D eigenvalue weighted by atomic mass is 10.2. The molecule has 0 amide bonds. The van der Waals surface area contributed by atoms with Crippen LogP contribution >= 0.6 is 22.6 Å². The Morgan fingerprint density at radius 2 is 1.93 bits per heavy atom. The average Bonchev–Trinajstić information content (AvgIpc) is 3.14. The summed E-state index contributed by atoms with van der Waals surface area (Å²) in [4.78, 5) is 15.4. The largest absolute Gasteiger partial charge is 0.313 e. The molecule has 0 fully saturated rings. The Hall–Kier alpha value is -2.20. The van der Waals surface area contributed by atoms with Crippen LogP contribution in [0.25, 0.3) is 0 Å². The Morgan fingerprint density at radius 1 is 1.14 bits per heavy atom. The van der Waals surface area contributed by atoms with Gasteiger partial charge in [-0.25, -0.2) is 4.98 Å². The lowest BCUT2D eigenvalue weighted by Crippen LogP contribution is -2.20. The van der Waals surface area contributed by atoms with E-state index < -0.39 is 0 Å². The highest BCUT2D eigenvalue weighted by molar-refractivity contribution is 14.1. The maximum Gasteiger partial charge on any atom is 0.231 e. The Morgan fingerprint density at radius 3 is 2.61 bits per heavy atom. The number of nitrogens with one attached hydrogen (secondary N) is 1. The molecule has 148 valence electrons. The number of benzene rings is 1. The Labute approximate surface area is 179 Å². The van der Waals surface area contributed by atoms with Crippen molar-refractivity contribution in [1.82, 2.24) is 24.8 Å². The second-order valence-electron chi connectivity index (χ2n) is 6.86. The maximum atomic E-state index is 4.79. The third-order valence-corrected chi connectivity index (χ3v) is 5.14. The van der Waals surface area contributed by atoms with E-state index in [0.29, 0.717) is 11.8 Å². The van der Waals surface area contributed by atoms with Gasteiger partial charge < -0.3 is 9.80 Å². The Balaban J connectivity index is 1.97. The molecule has 0 aliphatic carbocycles. The van der Waals surface area contributed by atoms with Gasteiger partial charge in [-0.15, -0.1) is 0 Å². The zero-order chi connectivity index (χ0) is 20.1. The minimum Gasteiger partial charge on any atom is -0.313 e. The van der Waals surface area contributed by atoms with Crippen molar-refractivity contribution in [2.45, 2.75) is 24.3 Å². The fourth-order valence-corrected chi connectivity index (χ4v) is 3.52. The van der Waals surface area contributed by atoms with Gasteiger partial charge in [0.05, 0.1) is 18.1 Å². The first-order chi connectivity index (χ1) is 13.5. The van der Waals surface area contributed by atoms with Crippen LogP contribution in [0.3, 0.4) is 0 Å². The van der Waals surface area contributed by atoms with E-state index in [-0.39, 0.29) is 0 Å². The molecule has 0 bridgehead atoms. The number of para-hydroxylation sites is 1. The summed E-state index contributed by atoms with van der Waals surface area (Å²) in [5.41, 5.74) is 7.73. The monoisotopic (exact) mass is 491 g/mol. The van der Waals surface area contributed by atoms with Crippen LogP contribution < -0.4 is 10.3 Å². The number of rotatable bonds is 8. The maximum absolute atomic E-state index is 4.79. The highest BCUT2D eigenvalue weighted by Gasteiger charge is 2.14. The molecule has 28 heavy (non-hydrogen) atoms. The number of alkyl halides is 1. The van der Waals surface area contributed by atoms with Gasteiger partial charge >= 0.3 is 0 Å². The van der Waals surface area contributed by atoms with E-state index in [0.717, 1.165) is 28.8 Å². The van der Waals surface area contributed by atoms with Crippen LogP contribution in [0.2, 0.25) is 0 Å². The van der Waals surface area contributed by atoms with E-state index in [2.05, 4.69) is 63.1 Å². The molecule has 0 saturated carbocycles. The van der Waals surface area contributed by atoms with Gasteiger partial charge in [0.1, 0.15) is 0 Å². The molecule has 0 saturated heterocycles. The fourth-order valence-electron chi connectivity index (χ4n) is 2.88. The van der Waals surface area contributed by atoms with Gasteiger partial charge in [-0.3, -0.25) is 5.43 Å². The summed E-state index contributed by atoms with van der Waals surface area (Å²) in [5, 5.41) is 4.35. The zero-order valence-electron chi connectivity index (χ0n) is 16.7. The number of nitrogens with zero attached hydrogens (tertiary/aromatic N) is 6. The van der Waals surface area contributed by atoms with Crippen molar-refractivity contribution in [3.8, 4) is 0 Å². The van der Waals surface area contributed by atoms with E-state index in [9.17, 15) is 0 Å². The molecule has 3 rings (SSSR count). The number of aryl methyl sites for hydroxylation is 1. The molecule has 2 heterocycles. The first-order valence-corrected chi connectivity index (χ1v) is 10.7. The summed E-state index contributed by atoms with van der Waals surface area (Å²) in [6, 6.07) is 10.3. The van der Waals surface area contributed by atoms with Crippen LogP contribution in [0.4, 0.5) is 17.5 Å². The third kappa shape index (κ3) is 4.99. The quantitative estimate of drug-likeness (QED) is 0.382. The molecular weight excluding hydrogens is 465 g/mol. The molecule has 3 aromatic rings. The molecule has 0 aliphatic heterocycles. The highest BCUT2D eigenvalue weighted by Crippen LogP contribution is 2.27. The molecule has 2 aromatic heterocycles. The number of halogens is 1.